The van der Waals surface area contributed by atoms with Gasteiger partial charge >= 0.3 is 0 Å². The summed E-state index contributed by atoms with van der Waals surface area (Å²) in [6, 6.07) is 7.93. The number of nitrogens with zero attached hydrogens (tertiary/aromatic N) is 2. The standard InChI is InChI=1S/C21H20N2O2S/c1-4-11-25-17-7-5-15(6-8-17)12-16-9-10-23-19(16)22-20-18(21(23)24)13(2)14(3)26-20/h4-8,12H,1,9-11H2,2-3H3/b16-12+. The summed E-state index contributed by atoms with van der Waals surface area (Å²) in [7, 11) is 0. The topological polar surface area (TPSA) is 44.1 Å². The maximum Gasteiger partial charge on any atom is 0.262 e. The Kier molecular flexibility index (Phi) is 4.24. The normalized spacial score (nSPS) is 14.8. The Labute approximate surface area is 156 Å². The highest BCUT2D eigenvalue weighted by Crippen LogP contribution is 2.32. The van der Waals surface area contributed by atoms with Crippen molar-refractivity contribution in [1.29, 1.82) is 0 Å². The van der Waals surface area contributed by atoms with Crippen molar-refractivity contribution in [2.24, 2.45) is 0 Å². The minimum atomic E-state index is 0.0865. The van der Waals surface area contributed by atoms with Crippen molar-refractivity contribution in [2.75, 3.05) is 6.61 Å². The van der Waals surface area contributed by atoms with Crippen LogP contribution in [0.3, 0.4) is 0 Å². The van der Waals surface area contributed by atoms with Crippen LogP contribution in [0.4, 0.5) is 0 Å². The molecule has 3 aromatic rings. The third kappa shape index (κ3) is 2.78. The number of hydrogen-bond donors (Lipinski definition) is 0. The number of aromatic nitrogens is 2. The summed E-state index contributed by atoms with van der Waals surface area (Å²) in [6.45, 7) is 8.89. The van der Waals surface area contributed by atoms with E-state index < -0.39 is 0 Å². The molecule has 0 saturated carbocycles. The van der Waals surface area contributed by atoms with Crippen molar-refractivity contribution in [3.8, 4) is 5.75 Å². The van der Waals surface area contributed by atoms with E-state index in [1.165, 1.54) is 0 Å². The van der Waals surface area contributed by atoms with Crippen molar-refractivity contribution in [2.45, 2.75) is 26.8 Å². The van der Waals surface area contributed by atoms with Crippen LogP contribution in [-0.2, 0) is 6.54 Å². The van der Waals surface area contributed by atoms with Gasteiger partial charge in [-0.05, 0) is 55.2 Å². The van der Waals surface area contributed by atoms with Gasteiger partial charge in [0.05, 0.1) is 5.39 Å². The van der Waals surface area contributed by atoms with Gasteiger partial charge in [-0.2, -0.15) is 0 Å². The van der Waals surface area contributed by atoms with E-state index in [0.717, 1.165) is 49.8 Å². The molecule has 0 unspecified atom stereocenters. The van der Waals surface area contributed by atoms with E-state index in [0.29, 0.717) is 13.2 Å². The number of hydrogen-bond acceptors (Lipinski definition) is 4. The first-order valence-electron chi connectivity index (χ1n) is 8.63. The predicted molar refractivity (Wildman–Crippen MR) is 108 cm³/mol. The van der Waals surface area contributed by atoms with Crippen LogP contribution in [0.2, 0.25) is 0 Å². The van der Waals surface area contributed by atoms with E-state index in [1.54, 1.807) is 17.4 Å². The summed E-state index contributed by atoms with van der Waals surface area (Å²) < 4.78 is 7.33. The van der Waals surface area contributed by atoms with Gasteiger partial charge in [-0.1, -0.05) is 24.8 Å². The van der Waals surface area contributed by atoms with Gasteiger partial charge in [0.1, 0.15) is 23.0 Å². The van der Waals surface area contributed by atoms with Crippen LogP contribution in [-0.4, -0.2) is 16.2 Å². The summed E-state index contributed by atoms with van der Waals surface area (Å²) in [4.78, 5) is 19.7. The number of thiophene rings is 1. The quantitative estimate of drug-likeness (QED) is 0.636. The van der Waals surface area contributed by atoms with Gasteiger partial charge in [0, 0.05) is 11.4 Å². The van der Waals surface area contributed by atoms with Crippen LogP contribution in [0.25, 0.3) is 21.9 Å². The van der Waals surface area contributed by atoms with Crippen LogP contribution >= 0.6 is 11.3 Å². The summed E-state index contributed by atoms with van der Waals surface area (Å²) >= 11 is 1.60. The molecule has 0 N–H and O–H groups in total. The number of rotatable bonds is 4. The largest absolute Gasteiger partial charge is 0.490 e. The van der Waals surface area contributed by atoms with Gasteiger partial charge in [-0.3, -0.25) is 9.36 Å². The molecule has 0 spiro atoms. The molecule has 1 aliphatic heterocycles. The fourth-order valence-corrected chi connectivity index (χ4v) is 4.30. The SMILES string of the molecule is C=CCOc1ccc(/C=C2\CCn3c2nc2sc(C)c(C)c2c3=O)cc1. The van der Waals surface area contributed by atoms with Crippen molar-refractivity contribution in [3.05, 3.63) is 69.1 Å². The highest BCUT2D eigenvalue weighted by Gasteiger charge is 2.23. The third-order valence-corrected chi connectivity index (χ3v) is 5.87. The minimum Gasteiger partial charge on any atom is -0.490 e. The second kappa shape index (κ2) is 6.57. The van der Waals surface area contributed by atoms with E-state index in [2.05, 4.69) is 12.7 Å². The van der Waals surface area contributed by atoms with Crippen LogP contribution in [0.1, 0.15) is 28.2 Å². The van der Waals surface area contributed by atoms with Crippen molar-refractivity contribution in [1.82, 2.24) is 9.55 Å². The fraction of sp³-hybridized carbons (Fsp3) is 0.238. The van der Waals surface area contributed by atoms with E-state index in [1.807, 2.05) is 42.7 Å². The molecular weight excluding hydrogens is 344 g/mol. The van der Waals surface area contributed by atoms with Gasteiger partial charge in [-0.15, -0.1) is 11.3 Å². The average molecular weight is 364 g/mol. The molecule has 4 nitrogen and oxygen atoms in total. The Bertz CT molecular complexity index is 1090. The smallest absolute Gasteiger partial charge is 0.262 e. The summed E-state index contributed by atoms with van der Waals surface area (Å²) in [6.07, 6.45) is 4.66. The highest BCUT2D eigenvalue weighted by atomic mass is 32.1. The number of aryl methyl sites for hydroxylation is 2. The Morgan fingerprint density at radius 2 is 2.08 bits per heavy atom. The molecule has 0 amide bonds. The van der Waals surface area contributed by atoms with Crippen molar-refractivity contribution >= 4 is 33.2 Å². The molecule has 0 atom stereocenters. The molecule has 4 rings (SSSR count). The van der Waals surface area contributed by atoms with E-state index in [4.69, 9.17) is 9.72 Å². The summed E-state index contributed by atoms with van der Waals surface area (Å²) in [5.41, 5.74) is 3.33. The molecule has 5 heteroatoms. The Morgan fingerprint density at radius 3 is 2.81 bits per heavy atom. The lowest BCUT2D eigenvalue weighted by atomic mass is 10.1. The maximum atomic E-state index is 12.9. The molecule has 2 aromatic heterocycles. The van der Waals surface area contributed by atoms with Gasteiger partial charge in [0.25, 0.3) is 5.56 Å². The lowest BCUT2D eigenvalue weighted by Crippen LogP contribution is -2.20. The lowest BCUT2D eigenvalue weighted by molar-refractivity contribution is 0.363. The second-order valence-electron chi connectivity index (χ2n) is 6.44. The van der Waals surface area contributed by atoms with Crippen molar-refractivity contribution < 1.29 is 4.74 Å². The predicted octanol–water partition coefficient (Wildman–Crippen LogP) is 4.58. The van der Waals surface area contributed by atoms with Gasteiger partial charge in [-0.25, -0.2) is 4.98 Å². The Hall–Kier alpha value is -2.66. The molecule has 1 aromatic carbocycles. The molecule has 0 saturated heterocycles. The zero-order valence-electron chi connectivity index (χ0n) is 14.9. The van der Waals surface area contributed by atoms with Crippen LogP contribution < -0.4 is 10.3 Å². The first-order chi connectivity index (χ1) is 12.6. The number of fused-ring (bicyclic) bond motifs is 2. The van der Waals surface area contributed by atoms with Gasteiger partial charge < -0.3 is 4.74 Å². The van der Waals surface area contributed by atoms with Gasteiger partial charge in [0.2, 0.25) is 0 Å². The molecule has 0 radical (unpaired) electrons. The zero-order chi connectivity index (χ0) is 18.3. The monoisotopic (exact) mass is 364 g/mol. The maximum absolute atomic E-state index is 12.9. The molecule has 0 bridgehead atoms. The zero-order valence-corrected chi connectivity index (χ0v) is 15.7. The molecular formula is C21H20N2O2S. The van der Waals surface area contributed by atoms with Crippen LogP contribution in [0, 0.1) is 13.8 Å². The Balaban J connectivity index is 1.73. The van der Waals surface area contributed by atoms with Crippen molar-refractivity contribution in [3.63, 3.8) is 0 Å². The number of benzene rings is 1. The molecule has 3 heterocycles. The van der Waals surface area contributed by atoms with E-state index in [9.17, 15) is 4.79 Å². The highest BCUT2D eigenvalue weighted by molar-refractivity contribution is 7.18. The number of ether oxygens (including phenoxy) is 1. The Morgan fingerprint density at radius 1 is 1.31 bits per heavy atom. The second-order valence-corrected chi connectivity index (χ2v) is 7.65. The summed E-state index contributed by atoms with van der Waals surface area (Å²) in [5, 5.41) is 0.779. The summed E-state index contributed by atoms with van der Waals surface area (Å²) in [5.74, 6) is 1.62. The van der Waals surface area contributed by atoms with Gasteiger partial charge in [0.15, 0.2) is 0 Å². The first kappa shape index (κ1) is 16.8. The first-order valence-corrected chi connectivity index (χ1v) is 9.45. The average Bonchev–Trinajstić information content (AvgIpc) is 3.16. The van der Waals surface area contributed by atoms with E-state index in [-0.39, 0.29) is 5.56 Å². The molecule has 0 fully saturated rings. The van der Waals surface area contributed by atoms with Crippen LogP contribution in [0.15, 0.2) is 41.7 Å². The van der Waals surface area contributed by atoms with E-state index >= 15 is 0 Å². The fourth-order valence-electron chi connectivity index (χ4n) is 3.28. The lowest BCUT2D eigenvalue weighted by Gasteiger charge is -2.05. The molecule has 26 heavy (non-hydrogen) atoms. The molecule has 1 aliphatic rings. The number of allylic oxidation sites excluding steroid dienone is 1. The molecule has 0 aliphatic carbocycles. The van der Waals surface area contributed by atoms with Crippen LogP contribution in [0.5, 0.6) is 5.75 Å². The minimum absolute atomic E-state index is 0.0865. The molecule has 132 valence electrons. The third-order valence-electron chi connectivity index (χ3n) is 4.77.